The van der Waals surface area contributed by atoms with E-state index in [2.05, 4.69) is 38.1 Å². The molecular weight excluding hydrogens is 132 g/mol. The summed E-state index contributed by atoms with van der Waals surface area (Å²) in [6.45, 7) is 4.44. The third-order valence-corrected chi connectivity index (χ3v) is 2.38. The zero-order valence-electron chi connectivity index (χ0n) is 7.02. The smallest absolute Gasteiger partial charge is 0.00955 e. The van der Waals surface area contributed by atoms with E-state index in [1.54, 1.807) is 0 Å². The Morgan fingerprint density at radius 3 is 1.82 bits per heavy atom. The van der Waals surface area contributed by atoms with Crippen LogP contribution < -0.4 is 10.4 Å². The third-order valence-electron chi connectivity index (χ3n) is 2.38. The first-order valence-corrected chi connectivity index (χ1v) is 4.03. The van der Waals surface area contributed by atoms with Crippen molar-refractivity contribution in [3.8, 4) is 0 Å². The zero-order chi connectivity index (χ0) is 7.84. The monoisotopic (exact) mass is 144 g/mol. The van der Waals surface area contributed by atoms with Crippen LogP contribution in [0, 0.1) is 0 Å². The van der Waals surface area contributed by atoms with E-state index in [1.807, 2.05) is 0 Å². The van der Waals surface area contributed by atoms with Gasteiger partial charge in [0.25, 0.3) is 0 Å². The highest BCUT2D eigenvalue weighted by molar-refractivity contribution is 5.64. The minimum atomic E-state index is 1.17. The molecule has 0 aliphatic heterocycles. The fraction of sp³-hybridized carbons (Fsp3) is 0.273. The van der Waals surface area contributed by atoms with Gasteiger partial charge in [-0.3, -0.25) is 0 Å². The van der Waals surface area contributed by atoms with E-state index < -0.39 is 0 Å². The van der Waals surface area contributed by atoms with Crippen molar-refractivity contribution in [2.45, 2.75) is 20.3 Å². The van der Waals surface area contributed by atoms with Gasteiger partial charge < -0.3 is 0 Å². The lowest BCUT2D eigenvalue weighted by molar-refractivity contribution is 1.39. The van der Waals surface area contributed by atoms with Crippen LogP contribution in [0.1, 0.15) is 20.3 Å². The number of hydrogen-bond donors (Lipinski definition) is 0. The minimum absolute atomic E-state index is 1.17. The average molecular weight is 144 g/mol. The van der Waals surface area contributed by atoms with Gasteiger partial charge >= 0.3 is 0 Å². The lowest BCUT2D eigenvalue weighted by Gasteiger charge is -1.89. The maximum Gasteiger partial charge on any atom is -0.00955 e. The molecule has 0 atom stereocenters. The van der Waals surface area contributed by atoms with Crippen LogP contribution >= 0.6 is 0 Å². The van der Waals surface area contributed by atoms with Crippen molar-refractivity contribution in [3.05, 3.63) is 34.7 Å². The first-order valence-electron chi connectivity index (χ1n) is 4.03. The molecule has 1 aliphatic carbocycles. The Bertz CT molecular complexity index is 357. The summed E-state index contributed by atoms with van der Waals surface area (Å²) in [6.07, 6.45) is 1.17. The highest BCUT2D eigenvalue weighted by Crippen LogP contribution is 2.11. The van der Waals surface area contributed by atoms with Crippen molar-refractivity contribution in [1.29, 1.82) is 0 Å². The molecule has 0 amide bonds. The van der Waals surface area contributed by atoms with Gasteiger partial charge in [-0.15, -0.1) is 0 Å². The topological polar surface area (TPSA) is 0 Å². The van der Waals surface area contributed by atoms with Crippen LogP contribution in [-0.2, 0) is 0 Å². The molecule has 0 saturated heterocycles. The van der Waals surface area contributed by atoms with Gasteiger partial charge in [-0.05, 0) is 30.7 Å². The molecule has 2 rings (SSSR count). The van der Waals surface area contributed by atoms with Crippen molar-refractivity contribution in [1.82, 2.24) is 0 Å². The Morgan fingerprint density at radius 2 is 1.36 bits per heavy atom. The summed E-state index contributed by atoms with van der Waals surface area (Å²) in [5.41, 5.74) is 3.02. The molecule has 1 aromatic rings. The highest BCUT2D eigenvalue weighted by atomic mass is 14.1. The molecule has 0 saturated carbocycles. The van der Waals surface area contributed by atoms with Gasteiger partial charge in [0.05, 0.1) is 0 Å². The van der Waals surface area contributed by atoms with E-state index in [0.717, 1.165) is 0 Å². The fourth-order valence-electron chi connectivity index (χ4n) is 1.82. The molecule has 0 fully saturated rings. The highest BCUT2D eigenvalue weighted by Gasteiger charge is 2.03. The largest absolute Gasteiger partial charge is 0.0616 e. The van der Waals surface area contributed by atoms with Gasteiger partial charge in [0, 0.05) is 0 Å². The van der Waals surface area contributed by atoms with Gasteiger partial charge in [-0.25, -0.2) is 0 Å². The first-order chi connectivity index (χ1) is 5.29. The van der Waals surface area contributed by atoms with Gasteiger partial charge in [-0.1, -0.05) is 35.4 Å². The Morgan fingerprint density at radius 1 is 0.909 bits per heavy atom. The summed E-state index contributed by atoms with van der Waals surface area (Å²) in [4.78, 5) is 0. The molecule has 1 aromatic carbocycles. The SMILES string of the molecule is CC1=c2ccccc2=C(C)C1. The summed E-state index contributed by atoms with van der Waals surface area (Å²) < 4.78 is 0. The molecule has 0 spiro atoms. The second kappa shape index (κ2) is 2.23. The molecule has 56 valence electrons. The van der Waals surface area contributed by atoms with E-state index in [-0.39, 0.29) is 0 Å². The van der Waals surface area contributed by atoms with Crippen molar-refractivity contribution in [3.63, 3.8) is 0 Å². The molecule has 0 heterocycles. The van der Waals surface area contributed by atoms with Crippen LogP contribution in [0.3, 0.4) is 0 Å². The summed E-state index contributed by atoms with van der Waals surface area (Å²) in [6, 6.07) is 8.64. The van der Waals surface area contributed by atoms with Crippen LogP contribution in [0.25, 0.3) is 11.1 Å². The average Bonchev–Trinajstić information content (AvgIpc) is 2.30. The molecule has 0 aromatic heterocycles. The third kappa shape index (κ3) is 0.900. The summed E-state index contributed by atoms with van der Waals surface area (Å²) >= 11 is 0. The van der Waals surface area contributed by atoms with E-state index in [9.17, 15) is 0 Å². The van der Waals surface area contributed by atoms with E-state index in [0.29, 0.717) is 0 Å². The summed E-state index contributed by atoms with van der Waals surface area (Å²) in [7, 11) is 0. The van der Waals surface area contributed by atoms with Gasteiger partial charge in [0.15, 0.2) is 0 Å². The minimum Gasteiger partial charge on any atom is -0.0616 e. The molecule has 0 nitrogen and oxygen atoms in total. The van der Waals surface area contributed by atoms with Crippen LogP contribution in [0.15, 0.2) is 24.3 Å². The van der Waals surface area contributed by atoms with E-state index in [1.165, 1.54) is 28.0 Å². The van der Waals surface area contributed by atoms with Crippen molar-refractivity contribution in [2.75, 3.05) is 0 Å². The van der Waals surface area contributed by atoms with Crippen LogP contribution in [0.5, 0.6) is 0 Å². The lowest BCUT2D eigenvalue weighted by Crippen LogP contribution is -2.22. The normalized spacial score (nSPS) is 15.5. The standard InChI is InChI=1S/C11H12/c1-8-7-9(2)11-6-4-3-5-10(8)11/h3-6H,7H2,1-2H3. The molecule has 0 heteroatoms. The number of hydrogen-bond acceptors (Lipinski definition) is 0. The Kier molecular flexibility index (Phi) is 1.35. The molecule has 0 N–H and O–H groups in total. The molecule has 0 bridgehead atoms. The number of benzene rings is 1. The number of rotatable bonds is 0. The Balaban J connectivity index is 2.98. The maximum atomic E-state index is 2.22. The molecule has 0 unspecified atom stereocenters. The summed E-state index contributed by atoms with van der Waals surface area (Å²) in [5, 5.41) is 2.90. The summed E-state index contributed by atoms with van der Waals surface area (Å²) in [5.74, 6) is 0. The quantitative estimate of drug-likeness (QED) is 0.516. The van der Waals surface area contributed by atoms with Crippen LogP contribution in [0.2, 0.25) is 0 Å². The van der Waals surface area contributed by atoms with Gasteiger partial charge in [0.2, 0.25) is 0 Å². The maximum absolute atomic E-state index is 2.22. The first kappa shape index (κ1) is 6.66. The van der Waals surface area contributed by atoms with E-state index in [4.69, 9.17) is 0 Å². The van der Waals surface area contributed by atoms with Gasteiger partial charge in [0.1, 0.15) is 0 Å². The second-order valence-corrected chi connectivity index (χ2v) is 3.28. The van der Waals surface area contributed by atoms with Crippen molar-refractivity contribution >= 4 is 11.1 Å². The molecule has 0 radical (unpaired) electrons. The van der Waals surface area contributed by atoms with Crippen molar-refractivity contribution < 1.29 is 0 Å². The molecule has 1 aliphatic rings. The Labute approximate surface area is 66.9 Å². The van der Waals surface area contributed by atoms with Crippen LogP contribution in [-0.4, -0.2) is 0 Å². The molecule has 11 heavy (non-hydrogen) atoms. The second-order valence-electron chi connectivity index (χ2n) is 3.28. The Hall–Kier alpha value is -1.04. The zero-order valence-corrected chi connectivity index (χ0v) is 7.02. The predicted octanol–water partition coefficient (Wildman–Crippen LogP) is 1.43. The predicted molar refractivity (Wildman–Crippen MR) is 48.5 cm³/mol. The van der Waals surface area contributed by atoms with E-state index >= 15 is 0 Å². The van der Waals surface area contributed by atoms with Crippen molar-refractivity contribution in [2.24, 2.45) is 0 Å². The molecular formula is C11H12. The fourth-order valence-corrected chi connectivity index (χ4v) is 1.82. The van der Waals surface area contributed by atoms with Gasteiger partial charge in [-0.2, -0.15) is 0 Å². The lowest BCUT2D eigenvalue weighted by atomic mass is 10.2. The van der Waals surface area contributed by atoms with Crippen LogP contribution in [0.4, 0.5) is 0 Å². The number of fused-ring (bicyclic) bond motifs is 1.